The lowest BCUT2D eigenvalue weighted by Gasteiger charge is -2.11. The molecule has 1 aromatic carbocycles. The Hall–Kier alpha value is -3.27. The third-order valence-corrected chi connectivity index (χ3v) is 3.98. The Labute approximate surface area is 144 Å². The maximum atomic E-state index is 12.7. The van der Waals surface area contributed by atoms with Crippen LogP contribution >= 0.6 is 0 Å². The van der Waals surface area contributed by atoms with Gasteiger partial charge in [-0.25, -0.2) is 0 Å². The number of nitro groups is 1. The Balaban J connectivity index is 2.48. The van der Waals surface area contributed by atoms with Gasteiger partial charge in [0, 0.05) is 11.6 Å². The van der Waals surface area contributed by atoms with E-state index in [0.29, 0.717) is 12.0 Å². The van der Waals surface area contributed by atoms with Gasteiger partial charge in [0.2, 0.25) is 0 Å². The third kappa shape index (κ3) is 3.80. The number of hydrogen-bond donors (Lipinski definition) is 0. The van der Waals surface area contributed by atoms with Crippen molar-refractivity contribution in [2.75, 3.05) is 0 Å². The standard InChI is InChI=1S/C18H17N3O4/c1-3-12-5-6-13(4-2)16(7-12)17(22)11-20-10-15(21(24)25)8-14(9-19)18(20)23/h5-8,10H,3-4,11H2,1-2H3. The van der Waals surface area contributed by atoms with E-state index in [0.717, 1.165) is 34.4 Å². The number of nitrogens with zero attached hydrogens (tertiary/aromatic N) is 3. The highest BCUT2D eigenvalue weighted by molar-refractivity contribution is 5.97. The van der Waals surface area contributed by atoms with E-state index in [1.54, 1.807) is 12.1 Å². The van der Waals surface area contributed by atoms with Gasteiger partial charge in [0.15, 0.2) is 5.78 Å². The number of rotatable bonds is 6. The van der Waals surface area contributed by atoms with Gasteiger partial charge in [-0.05, 0) is 30.0 Å². The summed E-state index contributed by atoms with van der Waals surface area (Å²) in [4.78, 5) is 35.1. The molecule has 7 heteroatoms. The average molecular weight is 339 g/mol. The largest absolute Gasteiger partial charge is 0.300 e. The van der Waals surface area contributed by atoms with Crippen molar-refractivity contribution in [1.29, 1.82) is 5.26 Å². The van der Waals surface area contributed by atoms with Crippen molar-refractivity contribution in [3.63, 3.8) is 0 Å². The molecule has 0 atom stereocenters. The summed E-state index contributed by atoms with van der Waals surface area (Å²) in [6, 6.07) is 8.16. The lowest BCUT2D eigenvalue weighted by atomic mass is 9.97. The number of nitriles is 1. The number of carbonyl (C=O) groups excluding carboxylic acids is 1. The number of aryl methyl sites for hydroxylation is 2. The second-order valence-corrected chi connectivity index (χ2v) is 5.54. The highest BCUT2D eigenvalue weighted by Gasteiger charge is 2.18. The van der Waals surface area contributed by atoms with Crippen molar-refractivity contribution in [2.45, 2.75) is 33.2 Å². The third-order valence-electron chi connectivity index (χ3n) is 3.98. The smallest absolute Gasteiger partial charge is 0.287 e. The number of aromatic nitrogens is 1. The van der Waals surface area contributed by atoms with Crippen molar-refractivity contribution in [3.05, 3.63) is 73.2 Å². The van der Waals surface area contributed by atoms with Crippen LogP contribution in [0.5, 0.6) is 0 Å². The van der Waals surface area contributed by atoms with Crippen molar-refractivity contribution >= 4 is 11.5 Å². The summed E-state index contributed by atoms with van der Waals surface area (Å²) in [6.07, 6.45) is 2.41. The highest BCUT2D eigenvalue weighted by Crippen LogP contribution is 2.16. The minimum Gasteiger partial charge on any atom is -0.300 e. The zero-order chi connectivity index (χ0) is 18.6. The molecular formula is C18H17N3O4. The van der Waals surface area contributed by atoms with Crippen LogP contribution in [0.4, 0.5) is 5.69 Å². The molecule has 0 saturated carbocycles. The predicted molar refractivity (Wildman–Crippen MR) is 91.6 cm³/mol. The summed E-state index contributed by atoms with van der Waals surface area (Å²) in [5, 5.41) is 19.9. The minimum absolute atomic E-state index is 0.321. The summed E-state index contributed by atoms with van der Waals surface area (Å²) < 4.78 is 0.928. The van der Waals surface area contributed by atoms with Crippen LogP contribution < -0.4 is 5.56 Å². The fourth-order valence-corrected chi connectivity index (χ4v) is 2.57. The topological polar surface area (TPSA) is 106 Å². The average Bonchev–Trinajstić information content (AvgIpc) is 2.62. The van der Waals surface area contributed by atoms with E-state index in [2.05, 4.69) is 0 Å². The zero-order valence-corrected chi connectivity index (χ0v) is 14.0. The van der Waals surface area contributed by atoms with Crippen LogP contribution in [0, 0.1) is 21.4 Å². The molecule has 0 radical (unpaired) electrons. The van der Waals surface area contributed by atoms with Gasteiger partial charge in [-0.2, -0.15) is 5.26 Å². The lowest BCUT2D eigenvalue weighted by Crippen LogP contribution is -2.26. The summed E-state index contributed by atoms with van der Waals surface area (Å²) in [5.41, 5.74) is 0.859. The molecule has 1 aromatic heterocycles. The SMILES string of the molecule is CCc1ccc(CC)c(C(=O)Cn2cc([N+](=O)[O-])cc(C#N)c2=O)c1. The summed E-state index contributed by atoms with van der Waals surface area (Å²) in [7, 11) is 0. The first kappa shape index (κ1) is 18.1. The number of benzene rings is 1. The first-order chi connectivity index (χ1) is 11.9. The first-order valence-electron chi connectivity index (χ1n) is 7.85. The fraction of sp³-hybridized carbons (Fsp3) is 0.278. The molecule has 2 rings (SSSR count). The summed E-state index contributed by atoms with van der Waals surface area (Å²) in [6.45, 7) is 3.54. The minimum atomic E-state index is -0.717. The second-order valence-electron chi connectivity index (χ2n) is 5.54. The fourth-order valence-electron chi connectivity index (χ4n) is 2.57. The van der Waals surface area contributed by atoms with E-state index >= 15 is 0 Å². The Bertz CT molecular complexity index is 938. The number of ketones is 1. The maximum Gasteiger partial charge on any atom is 0.287 e. The van der Waals surface area contributed by atoms with Crippen LogP contribution in [0.2, 0.25) is 0 Å². The molecule has 0 bridgehead atoms. The molecule has 25 heavy (non-hydrogen) atoms. The van der Waals surface area contributed by atoms with Gasteiger partial charge >= 0.3 is 0 Å². The Kier molecular flexibility index (Phi) is 5.45. The number of carbonyl (C=O) groups is 1. The van der Waals surface area contributed by atoms with Crippen molar-refractivity contribution in [1.82, 2.24) is 4.57 Å². The quantitative estimate of drug-likeness (QED) is 0.457. The Morgan fingerprint density at radius 2 is 2.00 bits per heavy atom. The van der Waals surface area contributed by atoms with Gasteiger partial charge in [-0.1, -0.05) is 26.0 Å². The summed E-state index contributed by atoms with van der Waals surface area (Å²) in [5.74, 6) is -0.321. The van der Waals surface area contributed by atoms with E-state index in [4.69, 9.17) is 5.26 Å². The number of hydrogen-bond acceptors (Lipinski definition) is 5. The molecule has 2 aromatic rings. The normalized spacial score (nSPS) is 10.3. The molecule has 0 aliphatic rings. The molecule has 0 unspecified atom stereocenters. The Morgan fingerprint density at radius 1 is 1.28 bits per heavy atom. The molecule has 0 aliphatic carbocycles. The lowest BCUT2D eigenvalue weighted by molar-refractivity contribution is -0.385. The van der Waals surface area contributed by atoms with Crippen LogP contribution in [-0.4, -0.2) is 15.3 Å². The van der Waals surface area contributed by atoms with E-state index in [-0.39, 0.29) is 17.9 Å². The van der Waals surface area contributed by atoms with E-state index in [9.17, 15) is 19.7 Å². The van der Waals surface area contributed by atoms with E-state index < -0.39 is 16.2 Å². The maximum absolute atomic E-state index is 12.7. The van der Waals surface area contributed by atoms with Gasteiger partial charge in [0.1, 0.15) is 11.6 Å². The second kappa shape index (κ2) is 7.53. The van der Waals surface area contributed by atoms with Gasteiger partial charge < -0.3 is 0 Å². The molecular weight excluding hydrogens is 322 g/mol. The van der Waals surface area contributed by atoms with Crippen LogP contribution in [0.3, 0.4) is 0 Å². The van der Waals surface area contributed by atoms with E-state index in [1.165, 1.54) is 0 Å². The monoisotopic (exact) mass is 339 g/mol. The van der Waals surface area contributed by atoms with E-state index in [1.807, 2.05) is 26.0 Å². The molecule has 0 amide bonds. The summed E-state index contributed by atoms with van der Waals surface area (Å²) >= 11 is 0. The molecule has 0 aliphatic heterocycles. The predicted octanol–water partition coefficient (Wildman–Crippen LogP) is 2.64. The molecule has 0 N–H and O–H groups in total. The number of Topliss-reactive ketones (excluding diaryl/α,β-unsaturated/α-hetero) is 1. The molecule has 0 fully saturated rings. The Morgan fingerprint density at radius 3 is 2.56 bits per heavy atom. The highest BCUT2D eigenvalue weighted by atomic mass is 16.6. The molecule has 0 spiro atoms. The molecule has 0 saturated heterocycles. The first-order valence-corrected chi connectivity index (χ1v) is 7.85. The van der Waals surface area contributed by atoms with Crippen LogP contribution in [0.1, 0.15) is 40.9 Å². The van der Waals surface area contributed by atoms with Crippen molar-refractivity contribution in [2.24, 2.45) is 0 Å². The van der Waals surface area contributed by atoms with Gasteiger partial charge in [0.25, 0.3) is 11.2 Å². The zero-order valence-electron chi connectivity index (χ0n) is 14.0. The van der Waals surface area contributed by atoms with Crippen molar-refractivity contribution < 1.29 is 9.72 Å². The molecule has 128 valence electrons. The van der Waals surface area contributed by atoms with Gasteiger partial charge in [-0.15, -0.1) is 0 Å². The molecule has 7 nitrogen and oxygen atoms in total. The van der Waals surface area contributed by atoms with Gasteiger partial charge in [0.05, 0.1) is 17.7 Å². The van der Waals surface area contributed by atoms with Crippen molar-refractivity contribution in [3.8, 4) is 6.07 Å². The number of pyridine rings is 1. The van der Waals surface area contributed by atoms with Crippen LogP contribution in [0.25, 0.3) is 0 Å². The van der Waals surface area contributed by atoms with Crippen LogP contribution in [-0.2, 0) is 19.4 Å². The van der Waals surface area contributed by atoms with Crippen LogP contribution in [0.15, 0.2) is 35.3 Å². The molecule has 1 heterocycles. The van der Waals surface area contributed by atoms with Gasteiger partial charge in [-0.3, -0.25) is 24.3 Å².